The van der Waals surface area contributed by atoms with Crippen molar-refractivity contribution in [3.63, 3.8) is 0 Å². The summed E-state index contributed by atoms with van der Waals surface area (Å²) in [5, 5.41) is 29.3. The molecule has 0 saturated heterocycles. The maximum Gasteiger partial charge on any atom is 0.408 e. The fraction of sp³-hybridized carbons (Fsp3) is 0.344. The van der Waals surface area contributed by atoms with Crippen LogP contribution in [0.2, 0.25) is 0 Å². The Morgan fingerprint density at radius 3 is 2.00 bits per heavy atom. The zero-order valence-corrected chi connectivity index (χ0v) is 23.7. The van der Waals surface area contributed by atoms with Gasteiger partial charge in [-0.1, -0.05) is 78.9 Å². The molecule has 3 rings (SSSR count). The molecule has 0 heterocycles. The topological polar surface area (TPSA) is 137 Å². The number of amides is 3. The largest absolute Gasteiger partial charge is 0.445 e. The molecule has 9 heteroatoms. The van der Waals surface area contributed by atoms with E-state index in [-0.39, 0.29) is 25.4 Å². The van der Waals surface area contributed by atoms with Crippen molar-refractivity contribution in [3.8, 4) is 0 Å². The fourth-order valence-corrected chi connectivity index (χ4v) is 4.23. The predicted octanol–water partition coefficient (Wildman–Crippen LogP) is 3.13. The number of nitrogens with one attached hydrogen (secondary N) is 3. The molecule has 5 N–H and O–H groups in total. The van der Waals surface area contributed by atoms with Gasteiger partial charge in [0.1, 0.15) is 12.6 Å². The van der Waals surface area contributed by atoms with Crippen LogP contribution in [0, 0.1) is 0 Å². The van der Waals surface area contributed by atoms with E-state index in [0.717, 1.165) is 11.1 Å². The van der Waals surface area contributed by atoms with Crippen molar-refractivity contribution in [3.05, 3.63) is 107 Å². The summed E-state index contributed by atoms with van der Waals surface area (Å²) in [5.74, 6) is -0.939. The average Bonchev–Trinajstić information content (AvgIpc) is 2.94. The van der Waals surface area contributed by atoms with Crippen molar-refractivity contribution in [2.45, 2.75) is 63.9 Å². The van der Waals surface area contributed by atoms with E-state index in [2.05, 4.69) is 16.0 Å². The highest BCUT2D eigenvalue weighted by atomic mass is 16.5. The van der Waals surface area contributed by atoms with Crippen LogP contribution in [0.5, 0.6) is 0 Å². The Hall–Kier alpha value is -4.21. The molecule has 0 fully saturated rings. The number of hydrogen-bond donors (Lipinski definition) is 5. The number of rotatable bonds is 12. The number of ether oxygens (including phenoxy) is 1. The average molecular weight is 562 g/mol. The molecule has 0 saturated carbocycles. The van der Waals surface area contributed by atoms with Crippen LogP contribution < -0.4 is 16.0 Å². The lowest BCUT2D eigenvalue weighted by molar-refractivity contribution is -0.125. The molecular formula is C32H39N3O6. The number of alkyl carbamates (subject to hydrolysis) is 1. The van der Waals surface area contributed by atoms with Gasteiger partial charge in [-0.25, -0.2) is 4.79 Å². The molecule has 41 heavy (non-hydrogen) atoms. The van der Waals surface area contributed by atoms with E-state index in [1.165, 1.54) is 0 Å². The maximum atomic E-state index is 13.2. The quantitative estimate of drug-likeness (QED) is 0.231. The number of carbonyl (C=O) groups is 3. The molecule has 0 bridgehead atoms. The second-order valence-electron chi connectivity index (χ2n) is 10.9. The highest BCUT2D eigenvalue weighted by Gasteiger charge is 2.28. The molecule has 0 aromatic heterocycles. The Morgan fingerprint density at radius 1 is 0.805 bits per heavy atom. The molecule has 3 aromatic carbocycles. The van der Waals surface area contributed by atoms with Crippen LogP contribution in [0.1, 0.15) is 47.8 Å². The van der Waals surface area contributed by atoms with Gasteiger partial charge in [-0.2, -0.15) is 0 Å². The summed E-state index contributed by atoms with van der Waals surface area (Å²) in [6.45, 7) is 4.99. The first kappa shape index (κ1) is 31.3. The highest BCUT2D eigenvalue weighted by molar-refractivity contribution is 5.96. The smallest absolute Gasteiger partial charge is 0.408 e. The van der Waals surface area contributed by atoms with Crippen molar-refractivity contribution in [1.29, 1.82) is 0 Å². The van der Waals surface area contributed by atoms with Crippen molar-refractivity contribution >= 4 is 17.9 Å². The predicted molar refractivity (Wildman–Crippen MR) is 156 cm³/mol. The maximum absolute atomic E-state index is 13.2. The summed E-state index contributed by atoms with van der Waals surface area (Å²) in [5.41, 5.74) is 2.25. The van der Waals surface area contributed by atoms with Gasteiger partial charge in [0.2, 0.25) is 5.91 Å². The van der Waals surface area contributed by atoms with Crippen LogP contribution in [0.25, 0.3) is 0 Å². The van der Waals surface area contributed by atoms with Gasteiger partial charge in [-0.15, -0.1) is 0 Å². The lowest BCUT2D eigenvalue weighted by atomic mass is 9.93. The van der Waals surface area contributed by atoms with Gasteiger partial charge in [0.15, 0.2) is 0 Å². The third kappa shape index (κ3) is 10.4. The number of hydrogen-bond acceptors (Lipinski definition) is 6. The molecule has 0 unspecified atom stereocenters. The Morgan fingerprint density at radius 2 is 1.39 bits per heavy atom. The summed E-state index contributed by atoms with van der Waals surface area (Å²) in [6, 6.07) is 23.3. The molecule has 0 radical (unpaired) electrons. The normalized spacial score (nSPS) is 13.4. The SMILES string of the molecule is CC(C)(C)NC(=O)c1ccccc1C[C@@H](O)[C@H](Cc1ccccc1)NC(=O)[C@H](CO)NC(=O)OCc1ccccc1. The highest BCUT2D eigenvalue weighted by Crippen LogP contribution is 2.17. The van der Waals surface area contributed by atoms with Gasteiger partial charge in [-0.05, 0) is 49.9 Å². The van der Waals surface area contributed by atoms with E-state index in [4.69, 9.17) is 4.74 Å². The van der Waals surface area contributed by atoms with E-state index in [1.807, 2.05) is 69.3 Å². The van der Waals surface area contributed by atoms with Crippen molar-refractivity contribution in [1.82, 2.24) is 16.0 Å². The van der Waals surface area contributed by atoms with E-state index < -0.39 is 42.3 Å². The molecular weight excluding hydrogens is 522 g/mol. The van der Waals surface area contributed by atoms with E-state index in [9.17, 15) is 24.6 Å². The minimum absolute atomic E-state index is 0.00396. The standard InChI is InChI=1S/C32H39N3O6/c1-32(2,3)35-29(38)25-17-11-10-16-24(25)19-28(37)26(18-22-12-6-4-7-13-22)33-30(39)27(20-36)34-31(40)41-21-23-14-8-5-9-15-23/h4-17,26-28,36-37H,18-21H2,1-3H3,(H,33,39)(H,34,40)(H,35,38)/t26-,27-,28+/m0/s1. The van der Waals surface area contributed by atoms with Gasteiger partial charge < -0.3 is 30.9 Å². The van der Waals surface area contributed by atoms with Crippen LogP contribution in [0.4, 0.5) is 4.79 Å². The minimum atomic E-state index is -1.30. The summed E-state index contributed by atoms with van der Waals surface area (Å²) in [6.07, 6.45) is -1.59. The summed E-state index contributed by atoms with van der Waals surface area (Å²) < 4.78 is 5.18. The van der Waals surface area contributed by atoms with E-state index in [1.54, 1.807) is 36.4 Å². The van der Waals surface area contributed by atoms with Crippen molar-refractivity contribution < 1.29 is 29.3 Å². The zero-order valence-electron chi connectivity index (χ0n) is 23.7. The van der Waals surface area contributed by atoms with Crippen molar-refractivity contribution in [2.75, 3.05) is 6.61 Å². The molecule has 0 aliphatic rings. The number of carbonyl (C=O) groups excluding carboxylic acids is 3. The van der Waals surface area contributed by atoms with Crippen LogP contribution >= 0.6 is 0 Å². The Labute approximate surface area is 240 Å². The molecule has 0 aliphatic heterocycles. The lowest BCUT2D eigenvalue weighted by Crippen LogP contribution is -2.55. The number of aliphatic hydroxyl groups is 2. The van der Waals surface area contributed by atoms with Gasteiger partial charge >= 0.3 is 6.09 Å². The van der Waals surface area contributed by atoms with Crippen molar-refractivity contribution in [2.24, 2.45) is 0 Å². The first-order valence-corrected chi connectivity index (χ1v) is 13.6. The molecule has 3 aromatic rings. The minimum Gasteiger partial charge on any atom is -0.445 e. The molecule has 3 amide bonds. The third-order valence-corrected chi connectivity index (χ3v) is 6.27. The monoisotopic (exact) mass is 561 g/mol. The van der Waals surface area contributed by atoms with Gasteiger partial charge in [0.05, 0.1) is 18.8 Å². The molecule has 0 aliphatic carbocycles. The fourth-order valence-electron chi connectivity index (χ4n) is 4.23. The van der Waals surface area contributed by atoms with Crippen LogP contribution in [0.15, 0.2) is 84.9 Å². The van der Waals surface area contributed by atoms with E-state index in [0.29, 0.717) is 11.1 Å². The first-order valence-electron chi connectivity index (χ1n) is 13.6. The van der Waals surface area contributed by atoms with Crippen LogP contribution in [0.3, 0.4) is 0 Å². The van der Waals surface area contributed by atoms with Crippen LogP contribution in [-0.2, 0) is 29.0 Å². The summed E-state index contributed by atoms with van der Waals surface area (Å²) >= 11 is 0. The second kappa shape index (κ2) is 15.0. The summed E-state index contributed by atoms with van der Waals surface area (Å²) in [4.78, 5) is 38.4. The summed E-state index contributed by atoms with van der Waals surface area (Å²) in [7, 11) is 0. The van der Waals surface area contributed by atoms with Gasteiger partial charge in [-0.3, -0.25) is 9.59 Å². The molecule has 3 atom stereocenters. The van der Waals surface area contributed by atoms with E-state index >= 15 is 0 Å². The Balaban J connectivity index is 1.72. The number of benzene rings is 3. The second-order valence-corrected chi connectivity index (χ2v) is 10.9. The Bertz CT molecular complexity index is 1280. The Kier molecular flexibility index (Phi) is 11.4. The zero-order chi connectivity index (χ0) is 29.8. The van der Waals surface area contributed by atoms with Gasteiger partial charge in [0, 0.05) is 17.5 Å². The third-order valence-electron chi connectivity index (χ3n) is 6.27. The first-order chi connectivity index (χ1) is 19.6. The lowest BCUT2D eigenvalue weighted by Gasteiger charge is -2.27. The number of aliphatic hydroxyl groups excluding tert-OH is 2. The molecule has 0 spiro atoms. The molecule has 218 valence electrons. The molecule has 9 nitrogen and oxygen atoms in total. The van der Waals surface area contributed by atoms with Crippen LogP contribution in [-0.4, -0.2) is 58.5 Å². The van der Waals surface area contributed by atoms with Gasteiger partial charge in [0.25, 0.3) is 5.91 Å².